The second kappa shape index (κ2) is 7.55. The van der Waals surface area contributed by atoms with Gasteiger partial charge in [-0.25, -0.2) is 0 Å². The number of ether oxygens (including phenoxy) is 2. The Bertz CT molecular complexity index is 394. The van der Waals surface area contributed by atoms with Gasteiger partial charge in [0.15, 0.2) is 0 Å². The lowest BCUT2D eigenvalue weighted by molar-refractivity contribution is 0.0945. The van der Waals surface area contributed by atoms with Gasteiger partial charge in [0, 0.05) is 25.4 Å². The van der Waals surface area contributed by atoms with Crippen LogP contribution >= 0.6 is 0 Å². The first kappa shape index (κ1) is 14.3. The van der Waals surface area contributed by atoms with E-state index >= 15 is 0 Å². The van der Waals surface area contributed by atoms with Crippen LogP contribution in [0.4, 0.5) is 5.69 Å². The molecule has 0 aromatic heterocycles. The fourth-order valence-corrected chi connectivity index (χ4v) is 1.47. The van der Waals surface area contributed by atoms with Crippen LogP contribution in [0.3, 0.4) is 0 Å². The van der Waals surface area contributed by atoms with Crippen molar-refractivity contribution in [2.24, 2.45) is 0 Å². The van der Waals surface area contributed by atoms with Crippen LogP contribution in [0.15, 0.2) is 18.2 Å². The number of methoxy groups -OCH3 is 1. The average molecular weight is 252 g/mol. The van der Waals surface area contributed by atoms with Gasteiger partial charge in [-0.05, 0) is 31.5 Å². The maximum Gasteiger partial charge on any atom is 0.253 e. The van der Waals surface area contributed by atoms with Crippen molar-refractivity contribution in [3.63, 3.8) is 0 Å². The Morgan fingerprint density at radius 2 is 2.22 bits per heavy atom. The molecule has 0 saturated carbocycles. The monoisotopic (exact) mass is 252 g/mol. The number of carbonyl (C=O) groups is 1. The molecule has 1 amide bonds. The van der Waals surface area contributed by atoms with Gasteiger partial charge in [0.25, 0.3) is 5.91 Å². The van der Waals surface area contributed by atoms with E-state index in [-0.39, 0.29) is 5.91 Å². The van der Waals surface area contributed by atoms with E-state index in [2.05, 4.69) is 5.32 Å². The molecule has 0 aliphatic heterocycles. The molecule has 100 valence electrons. The maximum atomic E-state index is 11.9. The van der Waals surface area contributed by atoms with E-state index in [0.29, 0.717) is 36.8 Å². The number of benzene rings is 1. The van der Waals surface area contributed by atoms with Gasteiger partial charge >= 0.3 is 0 Å². The van der Waals surface area contributed by atoms with E-state index in [1.54, 1.807) is 25.3 Å². The molecule has 0 aliphatic carbocycles. The van der Waals surface area contributed by atoms with Crippen LogP contribution < -0.4 is 15.8 Å². The predicted octanol–water partition coefficient (Wildman–Crippen LogP) is 1.43. The molecule has 1 aromatic rings. The third kappa shape index (κ3) is 4.25. The highest BCUT2D eigenvalue weighted by Crippen LogP contribution is 2.19. The lowest BCUT2D eigenvalue weighted by atomic mass is 10.1. The molecule has 0 spiro atoms. The summed E-state index contributed by atoms with van der Waals surface area (Å²) in [6.07, 6.45) is 0.781. The van der Waals surface area contributed by atoms with Gasteiger partial charge < -0.3 is 20.5 Å². The summed E-state index contributed by atoms with van der Waals surface area (Å²) in [6.45, 7) is 3.84. The third-order valence-corrected chi connectivity index (χ3v) is 2.46. The molecular formula is C13H20N2O3. The average Bonchev–Trinajstić information content (AvgIpc) is 2.39. The predicted molar refractivity (Wildman–Crippen MR) is 70.8 cm³/mol. The number of rotatable bonds is 7. The van der Waals surface area contributed by atoms with E-state index in [9.17, 15) is 4.79 Å². The fraction of sp³-hybridized carbons (Fsp3) is 0.462. The lowest BCUT2D eigenvalue weighted by Crippen LogP contribution is -2.26. The molecule has 1 aromatic carbocycles. The summed E-state index contributed by atoms with van der Waals surface area (Å²) in [4.78, 5) is 11.9. The molecule has 0 bridgehead atoms. The highest BCUT2D eigenvalue weighted by atomic mass is 16.5. The lowest BCUT2D eigenvalue weighted by Gasteiger charge is -2.09. The summed E-state index contributed by atoms with van der Waals surface area (Å²) in [5.74, 6) is 0.423. The molecule has 0 saturated heterocycles. The molecule has 18 heavy (non-hydrogen) atoms. The number of nitrogens with one attached hydrogen (secondary N) is 1. The highest BCUT2D eigenvalue weighted by molar-refractivity contribution is 5.99. The Kier molecular flexibility index (Phi) is 6.00. The van der Waals surface area contributed by atoms with E-state index in [0.717, 1.165) is 6.42 Å². The minimum Gasteiger partial charge on any atom is -0.497 e. The first-order valence-electron chi connectivity index (χ1n) is 5.98. The summed E-state index contributed by atoms with van der Waals surface area (Å²) in [6, 6.07) is 5.02. The molecule has 0 aliphatic rings. The fourth-order valence-electron chi connectivity index (χ4n) is 1.47. The number of hydrogen-bond donors (Lipinski definition) is 2. The molecule has 0 heterocycles. The number of carbonyl (C=O) groups excluding carboxylic acids is 1. The van der Waals surface area contributed by atoms with Gasteiger partial charge in [0.1, 0.15) is 5.75 Å². The molecule has 0 radical (unpaired) electrons. The van der Waals surface area contributed by atoms with Crippen LogP contribution in [0.5, 0.6) is 5.75 Å². The van der Waals surface area contributed by atoms with Crippen molar-refractivity contribution in [3.05, 3.63) is 23.8 Å². The summed E-state index contributed by atoms with van der Waals surface area (Å²) >= 11 is 0. The summed E-state index contributed by atoms with van der Waals surface area (Å²) < 4.78 is 10.2. The van der Waals surface area contributed by atoms with Crippen LogP contribution in [0, 0.1) is 0 Å². The van der Waals surface area contributed by atoms with Crippen molar-refractivity contribution < 1.29 is 14.3 Å². The van der Waals surface area contributed by atoms with Gasteiger partial charge in [-0.2, -0.15) is 0 Å². The summed E-state index contributed by atoms with van der Waals surface area (Å²) in [7, 11) is 1.55. The summed E-state index contributed by atoms with van der Waals surface area (Å²) in [5, 5.41) is 2.80. The Balaban J connectivity index is 2.50. The standard InChI is InChI=1S/C13H20N2O3/c1-3-18-8-4-7-15-13(16)11-9-10(17-2)5-6-12(11)14/h5-6,9H,3-4,7-8,14H2,1-2H3,(H,15,16). The number of hydrogen-bond acceptors (Lipinski definition) is 4. The highest BCUT2D eigenvalue weighted by Gasteiger charge is 2.10. The maximum absolute atomic E-state index is 11.9. The zero-order chi connectivity index (χ0) is 13.4. The van der Waals surface area contributed by atoms with Crippen molar-refractivity contribution >= 4 is 11.6 Å². The molecule has 5 heteroatoms. The Labute approximate surface area is 107 Å². The molecule has 0 fully saturated rings. The molecule has 0 atom stereocenters. The first-order chi connectivity index (χ1) is 8.69. The molecule has 1 rings (SSSR count). The van der Waals surface area contributed by atoms with Crippen LogP contribution in [0.2, 0.25) is 0 Å². The first-order valence-corrected chi connectivity index (χ1v) is 5.98. The number of anilines is 1. The molecule has 3 N–H and O–H groups in total. The van der Waals surface area contributed by atoms with Crippen molar-refractivity contribution in [2.45, 2.75) is 13.3 Å². The van der Waals surface area contributed by atoms with Gasteiger partial charge in [0.05, 0.1) is 12.7 Å². The van der Waals surface area contributed by atoms with Crippen molar-refractivity contribution in [1.29, 1.82) is 0 Å². The third-order valence-electron chi connectivity index (χ3n) is 2.46. The smallest absolute Gasteiger partial charge is 0.253 e. The zero-order valence-corrected chi connectivity index (χ0v) is 10.9. The number of nitrogens with two attached hydrogens (primary N) is 1. The van der Waals surface area contributed by atoms with Gasteiger partial charge in [-0.15, -0.1) is 0 Å². The van der Waals surface area contributed by atoms with Gasteiger partial charge in [-0.3, -0.25) is 4.79 Å². The van der Waals surface area contributed by atoms with Crippen molar-refractivity contribution in [2.75, 3.05) is 32.6 Å². The van der Waals surface area contributed by atoms with Crippen LogP contribution in [-0.4, -0.2) is 32.8 Å². The molecule has 0 unspecified atom stereocenters. The minimum atomic E-state index is -0.192. The number of amides is 1. The van der Waals surface area contributed by atoms with Crippen LogP contribution in [0.25, 0.3) is 0 Å². The van der Waals surface area contributed by atoms with Crippen LogP contribution in [-0.2, 0) is 4.74 Å². The van der Waals surface area contributed by atoms with E-state index in [4.69, 9.17) is 15.2 Å². The Morgan fingerprint density at radius 3 is 2.89 bits per heavy atom. The minimum absolute atomic E-state index is 0.192. The zero-order valence-electron chi connectivity index (χ0n) is 10.9. The van der Waals surface area contributed by atoms with Gasteiger partial charge in [-0.1, -0.05) is 0 Å². The van der Waals surface area contributed by atoms with E-state index in [1.807, 2.05) is 6.92 Å². The molecule has 5 nitrogen and oxygen atoms in total. The Hall–Kier alpha value is -1.75. The second-order valence-electron chi connectivity index (χ2n) is 3.76. The van der Waals surface area contributed by atoms with Crippen molar-refractivity contribution in [3.8, 4) is 5.75 Å². The normalized spacial score (nSPS) is 10.1. The SMILES string of the molecule is CCOCCCNC(=O)c1cc(OC)ccc1N. The Morgan fingerprint density at radius 1 is 1.44 bits per heavy atom. The van der Waals surface area contributed by atoms with Crippen LogP contribution in [0.1, 0.15) is 23.7 Å². The molecular weight excluding hydrogens is 232 g/mol. The quantitative estimate of drug-likeness (QED) is 0.569. The van der Waals surface area contributed by atoms with E-state index < -0.39 is 0 Å². The van der Waals surface area contributed by atoms with Crippen molar-refractivity contribution in [1.82, 2.24) is 5.32 Å². The topological polar surface area (TPSA) is 73.6 Å². The number of nitrogen functional groups attached to an aromatic ring is 1. The van der Waals surface area contributed by atoms with Gasteiger partial charge in [0.2, 0.25) is 0 Å². The largest absolute Gasteiger partial charge is 0.497 e. The second-order valence-corrected chi connectivity index (χ2v) is 3.76. The van der Waals surface area contributed by atoms with E-state index in [1.165, 1.54) is 0 Å². The summed E-state index contributed by atoms with van der Waals surface area (Å²) in [5.41, 5.74) is 6.63.